The third-order valence-corrected chi connectivity index (χ3v) is 5.97. The van der Waals surface area contributed by atoms with E-state index in [9.17, 15) is 9.59 Å². The second-order valence-electron chi connectivity index (χ2n) is 7.43. The van der Waals surface area contributed by atoms with E-state index in [1.54, 1.807) is 18.5 Å². The van der Waals surface area contributed by atoms with Gasteiger partial charge in [0.2, 0.25) is 5.16 Å². The van der Waals surface area contributed by atoms with Crippen LogP contribution in [0.25, 0.3) is 5.69 Å². The average Bonchev–Trinajstić information content (AvgIpc) is 3.24. The number of carbonyl (C=O) groups excluding carboxylic acids is 2. The Labute approximate surface area is 174 Å². The van der Waals surface area contributed by atoms with Gasteiger partial charge in [0, 0.05) is 11.3 Å². The van der Waals surface area contributed by atoms with Gasteiger partial charge in [0.1, 0.15) is 0 Å². The number of aryl methyl sites for hydroxylation is 1. The Hall–Kier alpha value is -2.74. The van der Waals surface area contributed by atoms with Gasteiger partial charge in [-0.25, -0.2) is 0 Å². The van der Waals surface area contributed by atoms with E-state index in [1.807, 2.05) is 19.1 Å². The number of benzene rings is 1. The van der Waals surface area contributed by atoms with E-state index in [1.165, 1.54) is 24.2 Å². The van der Waals surface area contributed by atoms with Crippen molar-refractivity contribution in [1.29, 1.82) is 0 Å². The van der Waals surface area contributed by atoms with Crippen molar-refractivity contribution < 1.29 is 9.59 Å². The van der Waals surface area contributed by atoms with Gasteiger partial charge in [-0.2, -0.15) is 4.68 Å². The number of aromatic nitrogens is 5. The van der Waals surface area contributed by atoms with Gasteiger partial charge in [-0.1, -0.05) is 37.7 Å². The first-order chi connectivity index (χ1) is 13.7. The molecule has 2 heterocycles. The molecule has 152 valence electrons. The predicted octanol–water partition coefficient (Wildman–Crippen LogP) is 4.30. The molecule has 0 aliphatic carbocycles. The van der Waals surface area contributed by atoms with Gasteiger partial charge in [0.25, 0.3) is 0 Å². The summed E-state index contributed by atoms with van der Waals surface area (Å²) in [6, 6.07) is 8.05. The lowest BCUT2D eigenvalue weighted by atomic mass is 10.0. The minimum Gasteiger partial charge on any atom is -0.355 e. The molecule has 3 aromatic rings. The maximum atomic E-state index is 13.0. The molecule has 1 N–H and O–H groups in total. The fourth-order valence-corrected chi connectivity index (χ4v) is 4.22. The smallest absolute Gasteiger partial charge is 0.214 e. The van der Waals surface area contributed by atoms with Crippen molar-refractivity contribution in [3.05, 3.63) is 52.3 Å². The van der Waals surface area contributed by atoms with E-state index in [4.69, 9.17) is 0 Å². The Balaban J connectivity index is 1.83. The van der Waals surface area contributed by atoms with Gasteiger partial charge in [-0.05, 0) is 67.3 Å². The maximum absolute atomic E-state index is 13.0. The Morgan fingerprint density at radius 3 is 2.31 bits per heavy atom. The molecule has 0 fully saturated rings. The van der Waals surface area contributed by atoms with Crippen LogP contribution >= 0.6 is 11.8 Å². The molecule has 0 aliphatic heterocycles. The number of tetrazole rings is 1. The Kier molecular flexibility index (Phi) is 6.02. The largest absolute Gasteiger partial charge is 0.355 e. The van der Waals surface area contributed by atoms with Crippen molar-refractivity contribution in [2.75, 3.05) is 0 Å². The van der Waals surface area contributed by atoms with Gasteiger partial charge < -0.3 is 4.98 Å². The summed E-state index contributed by atoms with van der Waals surface area (Å²) in [6.45, 7) is 11.2. The summed E-state index contributed by atoms with van der Waals surface area (Å²) in [5.74, 6) is 0.300. The molecule has 0 unspecified atom stereocenters. The van der Waals surface area contributed by atoms with Crippen LogP contribution in [0.4, 0.5) is 0 Å². The van der Waals surface area contributed by atoms with E-state index in [2.05, 4.69) is 46.5 Å². The van der Waals surface area contributed by atoms with Crippen LogP contribution in [0.5, 0.6) is 0 Å². The molecule has 0 radical (unpaired) electrons. The first-order valence-corrected chi connectivity index (χ1v) is 10.4. The summed E-state index contributed by atoms with van der Waals surface area (Å²) in [6.07, 6.45) is 0. The van der Waals surface area contributed by atoms with E-state index >= 15 is 0 Å². The molecular weight excluding hydrogens is 386 g/mol. The molecule has 29 heavy (non-hydrogen) atoms. The van der Waals surface area contributed by atoms with E-state index in [-0.39, 0.29) is 11.6 Å². The highest BCUT2D eigenvalue weighted by atomic mass is 32.2. The van der Waals surface area contributed by atoms with Gasteiger partial charge >= 0.3 is 0 Å². The van der Waals surface area contributed by atoms with E-state index in [0.29, 0.717) is 33.6 Å². The fraction of sp³-hybridized carbons (Fsp3) is 0.381. The maximum Gasteiger partial charge on any atom is 0.214 e. The third-order valence-electron chi connectivity index (χ3n) is 4.93. The monoisotopic (exact) mass is 411 g/mol. The number of hydrogen-bond donors (Lipinski definition) is 1. The number of Topliss-reactive ketones (excluding diaryl/α,β-unsaturated/α-hetero) is 2. The van der Waals surface area contributed by atoms with Crippen LogP contribution in [0.3, 0.4) is 0 Å². The minimum atomic E-state index is -0.425. The second-order valence-corrected chi connectivity index (χ2v) is 8.73. The number of aromatic amines is 1. The molecule has 7 nitrogen and oxygen atoms in total. The third kappa shape index (κ3) is 4.17. The lowest BCUT2D eigenvalue weighted by Gasteiger charge is -2.11. The van der Waals surface area contributed by atoms with Crippen LogP contribution in [-0.4, -0.2) is 42.0 Å². The number of nitrogens with one attached hydrogen (secondary N) is 1. The SMILES string of the molecule is CC(=O)c1c(C)[nH]c(C(=O)[C@@H](C)Sc2nnnn2-c2ccc(C(C)C)cc2)c1C. The molecule has 3 rings (SSSR count). The number of carbonyl (C=O) groups is 2. The summed E-state index contributed by atoms with van der Waals surface area (Å²) < 4.78 is 1.63. The molecule has 8 heteroatoms. The standard InChI is InChI=1S/C21H25N5O2S/c1-11(2)16-7-9-17(10-8-16)26-21(23-24-25-26)29-15(6)20(28)19-12(3)18(14(5)27)13(4)22-19/h7-11,15,22H,1-6H3/t15-/m1/s1. The highest BCUT2D eigenvalue weighted by molar-refractivity contribution is 8.00. The quantitative estimate of drug-likeness (QED) is 0.460. The Morgan fingerprint density at radius 1 is 1.10 bits per heavy atom. The van der Waals surface area contributed by atoms with Gasteiger partial charge in [0.05, 0.1) is 16.6 Å². The summed E-state index contributed by atoms with van der Waals surface area (Å²) in [7, 11) is 0. The zero-order chi connectivity index (χ0) is 21.3. The zero-order valence-electron chi connectivity index (χ0n) is 17.5. The van der Waals surface area contributed by atoms with Crippen molar-refractivity contribution in [2.24, 2.45) is 0 Å². The lowest BCUT2D eigenvalue weighted by Crippen LogP contribution is -2.16. The first-order valence-electron chi connectivity index (χ1n) is 9.50. The average molecular weight is 412 g/mol. The van der Waals surface area contributed by atoms with Crippen LogP contribution in [-0.2, 0) is 0 Å². The van der Waals surface area contributed by atoms with E-state index in [0.717, 1.165) is 5.69 Å². The summed E-state index contributed by atoms with van der Waals surface area (Å²) in [5.41, 5.74) is 4.53. The van der Waals surface area contributed by atoms with Crippen LogP contribution in [0, 0.1) is 13.8 Å². The Bertz CT molecular complexity index is 1050. The molecule has 0 saturated heterocycles. The molecule has 0 amide bonds. The molecule has 2 aromatic heterocycles. The Morgan fingerprint density at radius 2 is 1.76 bits per heavy atom. The minimum absolute atomic E-state index is 0.0515. The van der Waals surface area contributed by atoms with Gasteiger partial charge in [-0.3, -0.25) is 9.59 Å². The summed E-state index contributed by atoms with van der Waals surface area (Å²) >= 11 is 1.29. The predicted molar refractivity (Wildman–Crippen MR) is 113 cm³/mol. The number of rotatable bonds is 7. The van der Waals surface area contributed by atoms with E-state index < -0.39 is 5.25 Å². The topological polar surface area (TPSA) is 93.5 Å². The van der Waals surface area contributed by atoms with Crippen molar-refractivity contribution in [2.45, 2.75) is 57.9 Å². The van der Waals surface area contributed by atoms with Gasteiger partial charge in [-0.15, -0.1) is 5.10 Å². The second kappa shape index (κ2) is 8.32. The molecule has 0 aliphatic rings. The molecule has 0 bridgehead atoms. The molecule has 1 aromatic carbocycles. The number of nitrogens with zero attached hydrogens (tertiary/aromatic N) is 4. The molecular formula is C21H25N5O2S. The van der Waals surface area contributed by atoms with Crippen molar-refractivity contribution in [1.82, 2.24) is 25.2 Å². The number of thioether (sulfide) groups is 1. The highest BCUT2D eigenvalue weighted by Gasteiger charge is 2.26. The summed E-state index contributed by atoms with van der Waals surface area (Å²) in [4.78, 5) is 27.9. The van der Waals surface area contributed by atoms with Crippen molar-refractivity contribution in [3.63, 3.8) is 0 Å². The molecule has 0 saturated carbocycles. The number of hydrogen-bond acceptors (Lipinski definition) is 6. The summed E-state index contributed by atoms with van der Waals surface area (Å²) in [5, 5.41) is 12.1. The number of ketones is 2. The first kappa shape index (κ1) is 21.0. The molecule has 0 spiro atoms. The van der Waals surface area contributed by atoms with Crippen LogP contribution in [0.2, 0.25) is 0 Å². The normalized spacial score (nSPS) is 12.4. The van der Waals surface area contributed by atoms with Crippen LogP contribution < -0.4 is 0 Å². The number of H-pyrrole nitrogens is 1. The zero-order valence-corrected chi connectivity index (χ0v) is 18.3. The van der Waals surface area contributed by atoms with Crippen LogP contribution in [0.1, 0.15) is 71.3 Å². The van der Waals surface area contributed by atoms with Crippen molar-refractivity contribution in [3.8, 4) is 5.69 Å². The van der Waals surface area contributed by atoms with Crippen molar-refractivity contribution >= 4 is 23.3 Å². The van der Waals surface area contributed by atoms with Gasteiger partial charge in [0.15, 0.2) is 11.6 Å². The fourth-order valence-electron chi connectivity index (χ4n) is 3.35. The molecule has 1 atom stereocenters. The van der Waals surface area contributed by atoms with Crippen LogP contribution in [0.15, 0.2) is 29.4 Å². The highest BCUT2D eigenvalue weighted by Crippen LogP contribution is 2.28. The lowest BCUT2D eigenvalue weighted by molar-refractivity contribution is 0.0988.